The molecule has 0 aliphatic carbocycles. The van der Waals surface area contributed by atoms with Crippen molar-refractivity contribution in [2.24, 2.45) is 5.73 Å². The van der Waals surface area contributed by atoms with E-state index in [0.717, 1.165) is 19.3 Å². The van der Waals surface area contributed by atoms with Gasteiger partial charge in [-0.1, -0.05) is 6.42 Å². The van der Waals surface area contributed by atoms with Crippen molar-refractivity contribution >= 4 is 10.0 Å². The Labute approximate surface area is 109 Å². The van der Waals surface area contributed by atoms with E-state index in [-0.39, 0.29) is 5.03 Å². The van der Waals surface area contributed by atoms with Crippen LogP contribution in [-0.2, 0) is 16.6 Å². The van der Waals surface area contributed by atoms with Crippen LogP contribution in [0.5, 0.6) is 0 Å². The first-order chi connectivity index (χ1) is 8.51. The fourth-order valence-corrected chi connectivity index (χ4v) is 2.73. The van der Waals surface area contributed by atoms with Crippen molar-refractivity contribution in [1.29, 1.82) is 0 Å². The normalized spacial score (nSPS) is 11.9. The summed E-state index contributed by atoms with van der Waals surface area (Å²) < 4.78 is 28.2. The highest BCUT2D eigenvalue weighted by molar-refractivity contribution is 7.89. The Morgan fingerprint density at radius 2 is 2.11 bits per heavy atom. The number of hydrogen-bond donors (Lipinski definition) is 2. The summed E-state index contributed by atoms with van der Waals surface area (Å²) in [4.78, 5) is 4.06. The number of aromatic nitrogens is 2. The molecule has 0 atom stereocenters. The molecule has 1 aromatic heterocycles. The predicted octanol–water partition coefficient (Wildman–Crippen LogP) is 0.619. The molecular formula is C11H22N4O2S. The van der Waals surface area contributed by atoms with E-state index in [1.54, 1.807) is 13.1 Å². The van der Waals surface area contributed by atoms with E-state index < -0.39 is 10.0 Å². The second-order valence-electron chi connectivity index (χ2n) is 4.16. The van der Waals surface area contributed by atoms with Crippen LogP contribution in [0.15, 0.2) is 11.2 Å². The van der Waals surface area contributed by atoms with Crippen LogP contribution in [0.3, 0.4) is 0 Å². The standard InChI is InChI=1S/C11H22N4O2S/c1-3-15-9-11(14-10(15)2)18(16,17)13-8-6-4-5-7-12/h9,13H,3-8,12H2,1-2H3. The second-order valence-corrected chi connectivity index (χ2v) is 5.87. The molecule has 0 saturated carbocycles. The number of hydrogen-bond acceptors (Lipinski definition) is 4. The van der Waals surface area contributed by atoms with Crippen molar-refractivity contribution in [3.8, 4) is 0 Å². The molecule has 0 unspecified atom stereocenters. The first kappa shape index (κ1) is 15.1. The second kappa shape index (κ2) is 6.86. The van der Waals surface area contributed by atoms with E-state index in [1.165, 1.54) is 0 Å². The van der Waals surface area contributed by atoms with Crippen LogP contribution in [0, 0.1) is 6.92 Å². The minimum absolute atomic E-state index is 0.0978. The van der Waals surface area contributed by atoms with E-state index in [2.05, 4.69) is 9.71 Å². The lowest BCUT2D eigenvalue weighted by molar-refractivity contribution is 0.571. The molecule has 0 saturated heterocycles. The molecule has 6 nitrogen and oxygen atoms in total. The molecule has 0 aromatic carbocycles. The highest BCUT2D eigenvalue weighted by Gasteiger charge is 2.17. The van der Waals surface area contributed by atoms with Crippen molar-refractivity contribution in [2.75, 3.05) is 13.1 Å². The van der Waals surface area contributed by atoms with Crippen LogP contribution >= 0.6 is 0 Å². The van der Waals surface area contributed by atoms with Crippen LogP contribution in [-0.4, -0.2) is 31.1 Å². The van der Waals surface area contributed by atoms with Crippen molar-refractivity contribution in [3.63, 3.8) is 0 Å². The minimum atomic E-state index is -3.47. The van der Waals surface area contributed by atoms with Gasteiger partial charge in [0.05, 0.1) is 0 Å². The number of rotatable bonds is 8. The summed E-state index contributed by atoms with van der Waals surface area (Å²) >= 11 is 0. The molecule has 0 amide bonds. The summed E-state index contributed by atoms with van der Waals surface area (Å²) in [6.45, 7) is 5.53. The Morgan fingerprint density at radius 1 is 1.39 bits per heavy atom. The van der Waals surface area contributed by atoms with Crippen molar-refractivity contribution in [1.82, 2.24) is 14.3 Å². The topological polar surface area (TPSA) is 90.0 Å². The summed E-state index contributed by atoms with van der Waals surface area (Å²) in [6, 6.07) is 0. The molecule has 0 aliphatic heterocycles. The van der Waals surface area contributed by atoms with Crippen molar-refractivity contribution < 1.29 is 8.42 Å². The Kier molecular flexibility index (Phi) is 5.77. The van der Waals surface area contributed by atoms with Gasteiger partial charge in [0.1, 0.15) is 5.82 Å². The number of imidazole rings is 1. The van der Waals surface area contributed by atoms with E-state index in [4.69, 9.17) is 5.73 Å². The monoisotopic (exact) mass is 274 g/mol. The average Bonchev–Trinajstić information content (AvgIpc) is 2.71. The number of nitrogens with two attached hydrogens (primary N) is 1. The largest absolute Gasteiger partial charge is 0.334 e. The quantitative estimate of drug-likeness (QED) is 0.680. The van der Waals surface area contributed by atoms with Crippen LogP contribution in [0.2, 0.25) is 0 Å². The average molecular weight is 274 g/mol. The van der Waals surface area contributed by atoms with Gasteiger partial charge in [0, 0.05) is 19.3 Å². The summed E-state index contributed by atoms with van der Waals surface area (Å²) in [6.07, 6.45) is 4.22. The van der Waals surface area contributed by atoms with Gasteiger partial charge in [-0.2, -0.15) is 0 Å². The molecule has 104 valence electrons. The summed E-state index contributed by atoms with van der Waals surface area (Å²) in [5.41, 5.74) is 5.37. The lowest BCUT2D eigenvalue weighted by Crippen LogP contribution is -2.25. The first-order valence-corrected chi connectivity index (χ1v) is 7.73. The zero-order valence-electron chi connectivity index (χ0n) is 11.0. The van der Waals surface area contributed by atoms with Gasteiger partial charge in [0.25, 0.3) is 10.0 Å². The van der Waals surface area contributed by atoms with Crippen LogP contribution in [0.25, 0.3) is 0 Å². The van der Waals surface area contributed by atoms with Gasteiger partial charge in [0.2, 0.25) is 0 Å². The third-order valence-corrected chi connectivity index (χ3v) is 4.07. The number of aryl methyl sites for hydroxylation is 2. The van der Waals surface area contributed by atoms with Crippen molar-refractivity contribution in [2.45, 2.75) is 44.7 Å². The fourth-order valence-electron chi connectivity index (χ4n) is 1.66. The molecule has 3 N–H and O–H groups in total. The lowest BCUT2D eigenvalue weighted by atomic mass is 10.2. The van der Waals surface area contributed by atoms with Gasteiger partial charge in [-0.05, 0) is 33.2 Å². The zero-order valence-corrected chi connectivity index (χ0v) is 11.8. The van der Waals surface area contributed by atoms with Gasteiger partial charge in [0.15, 0.2) is 5.03 Å². The molecule has 1 heterocycles. The van der Waals surface area contributed by atoms with Gasteiger partial charge in [-0.15, -0.1) is 0 Å². The highest BCUT2D eigenvalue weighted by atomic mass is 32.2. The SMILES string of the molecule is CCn1cc(S(=O)(=O)NCCCCCN)nc1C. The maximum Gasteiger partial charge on any atom is 0.259 e. The van der Waals surface area contributed by atoms with Crippen LogP contribution in [0.1, 0.15) is 32.0 Å². The predicted molar refractivity (Wildman–Crippen MR) is 70.7 cm³/mol. The molecule has 0 radical (unpaired) electrons. The van der Waals surface area contributed by atoms with E-state index in [1.807, 2.05) is 11.5 Å². The Hall–Kier alpha value is -0.920. The maximum atomic E-state index is 11.9. The van der Waals surface area contributed by atoms with Crippen LogP contribution in [0.4, 0.5) is 0 Å². The van der Waals surface area contributed by atoms with E-state index in [9.17, 15) is 8.42 Å². The van der Waals surface area contributed by atoms with Gasteiger partial charge < -0.3 is 10.3 Å². The maximum absolute atomic E-state index is 11.9. The molecule has 1 rings (SSSR count). The first-order valence-electron chi connectivity index (χ1n) is 6.24. The summed E-state index contributed by atoms with van der Waals surface area (Å²) in [5, 5.41) is 0.0978. The van der Waals surface area contributed by atoms with Crippen molar-refractivity contribution in [3.05, 3.63) is 12.0 Å². The number of nitrogens with one attached hydrogen (secondary N) is 1. The lowest BCUT2D eigenvalue weighted by Gasteiger charge is -2.03. The van der Waals surface area contributed by atoms with E-state index in [0.29, 0.717) is 25.5 Å². The number of unbranched alkanes of at least 4 members (excludes halogenated alkanes) is 2. The Balaban J connectivity index is 2.57. The van der Waals surface area contributed by atoms with E-state index >= 15 is 0 Å². The third-order valence-electron chi connectivity index (χ3n) is 2.74. The number of nitrogens with zero attached hydrogens (tertiary/aromatic N) is 2. The highest BCUT2D eigenvalue weighted by Crippen LogP contribution is 2.08. The molecule has 0 aliphatic rings. The molecule has 7 heteroatoms. The molecule has 0 spiro atoms. The summed E-state index contributed by atoms with van der Waals surface area (Å²) in [7, 11) is -3.47. The Morgan fingerprint density at radius 3 is 2.67 bits per heavy atom. The van der Waals surface area contributed by atoms with Gasteiger partial charge >= 0.3 is 0 Å². The van der Waals surface area contributed by atoms with Gasteiger partial charge in [-0.3, -0.25) is 0 Å². The minimum Gasteiger partial charge on any atom is -0.334 e. The molecule has 0 bridgehead atoms. The molecule has 1 aromatic rings. The summed E-state index contributed by atoms with van der Waals surface area (Å²) in [5.74, 6) is 0.709. The number of sulfonamides is 1. The Bertz CT molecular complexity index is 467. The molecular weight excluding hydrogens is 252 g/mol. The van der Waals surface area contributed by atoms with Gasteiger partial charge in [-0.25, -0.2) is 18.1 Å². The van der Waals surface area contributed by atoms with Crippen LogP contribution < -0.4 is 10.5 Å². The fraction of sp³-hybridized carbons (Fsp3) is 0.727. The smallest absolute Gasteiger partial charge is 0.259 e. The third kappa shape index (κ3) is 4.08. The molecule has 18 heavy (non-hydrogen) atoms. The molecule has 0 fully saturated rings. The zero-order chi connectivity index (χ0) is 13.6.